The van der Waals surface area contributed by atoms with Crippen LogP contribution in [0.15, 0.2) is 0 Å². The van der Waals surface area contributed by atoms with Crippen molar-refractivity contribution in [3.63, 3.8) is 0 Å². The van der Waals surface area contributed by atoms with E-state index in [9.17, 15) is 4.57 Å². The number of hydrogen-bond acceptors (Lipinski definition) is 2. The minimum atomic E-state index is -4.35. The van der Waals surface area contributed by atoms with Gasteiger partial charge in [-0.3, -0.25) is 4.52 Å². The Labute approximate surface area is 143 Å². The fourth-order valence-corrected chi connectivity index (χ4v) is 3.52. The van der Waals surface area contributed by atoms with Gasteiger partial charge in [0, 0.05) is 0 Å². The van der Waals surface area contributed by atoms with Gasteiger partial charge in [0.1, 0.15) is 0 Å². The first-order chi connectivity index (χ1) is 11.0. The number of hydrogen-bond donors (Lipinski definition) is 2. The van der Waals surface area contributed by atoms with Gasteiger partial charge in [-0.1, -0.05) is 97.3 Å². The maximum absolute atomic E-state index is 11.0. The highest BCUT2D eigenvalue weighted by molar-refractivity contribution is 7.46. The molecule has 23 heavy (non-hydrogen) atoms. The van der Waals surface area contributed by atoms with E-state index in [0.717, 1.165) is 44.9 Å². The standard InChI is InChI=1S/C18H39O4P/c1-3-5-7-8-9-10-11-12-13-15-17-18(16-14-6-4-2)22-23(19,20)21/h18H,3-17H2,1-2H3,(H2,19,20,21). The van der Waals surface area contributed by atoms with Gasteiger partial charge in [0.25, 0.3) is 0 Å². The zero-order chi connectivity index (χ0) is 17.4. The minimum Gasteiger partial charge on any atom is -0.303 e. The SMILES string of the molecule is CCCCCCCCCCCCC(CCCCC)OP(=O)(O)O. The summed E-state index contributed by atoms with van der Waals surface area (Å²) in [4.78, 5) is 18.0. The van der Waals surface area contributed by atoms with Crippen LogP contribution < -0.4 is 0 Å². The molecule has 0 aliphatic carbocycles. The molecule has 2 N–H and O–H groups in total. The molecule has 0 fully saturated rings. The fourth-order valence-electron chi connectivity index (χ4n) is 2.93. The third-order valence-corrected chi connectivity index (χ3v) is 4.87. The maximum atomic E-state index is 11.0. The van der Waals surface area contributed by atoms with Gasteiger partial charge in [-0.25, -0.2) is 4.57 Å². The van der Waals surface area contributed by atoms with Gasteiger partial charge in [-0.2, -0.15) is 0 Å². The second kappa shape index (κ2) is 15.6. The lowest BCUT2D eigenvalue weighted by molar-refractivity contribution is 0.115. The van der Waals surface area contributed by atoms with Crippen LogP contribution in [0.4, 0.5) is 0 Å². The van der Waals surface area contributed by atoms with Gasteiger partial charge in [0.2, 0.25) is 0 Å². The molecule has 0 spiro atoms. The predicted octanol–water partition coefficient (Wildman–Crippen LogP) is 6.36. The zero-order valence-electron chi connectivity index (χ0n) is 15.3. The molecule has 0 amide bonds. The molecular formula is C18H39O4P. The summed E-state index contributed by atoms with van der Waals surface area (Å²) in [7, 11) is -4.35. The van der Waals surface area contributed by atoms with E-state index < -0.39 is 7.82 Å². The van der Waals surface area contributed by atoms with E-state index in [-0.39, 0.29) is 6.10 Å². The highest BCUT2D eigenvalue weighted by atomic mass is 31.2. The van der Waals surface area contributed by atoms with Crippen molar-refractivity contribution in [2.75, 3.05) is 0 Å². The Morgan fingerprint density at radius 2 is 1.04 bits per heavy atom. The van der Waals surface area contributed by atoms with Crippen LogP contribution in [0.5, 0.6) is 0 Å². The first-order valence-corrected chi connectivity index (χ1v) is 11.3. The summed E-state index contributed by atoms with van der Waals surface area (Å²) in [6.45, 7) is 4.37. The van der Waals surface area contributed by atoms with Crippen LogP contribution in [0.3, 0.4) is 0 Å². The summed E-state index contributed by atoms with van der Waals surface area (Å²) >= 11 is 0. The molecule has 4 nitrogen and oxygen atoms in total. The Bertz CT molecular complexity index is 291. The molecule has 0 radical (unpaired) electrons. The van der Waals surface area contributed by atoms with Crippen LogP contribution in [0.25, 0.3) is 0 Å². The highest BCUT2D eigenvalue weighted by Gasteiger charge is 2.21. The van der Waals surface area contributed by atoms with Gasteiger partial charge < -0.3 is 9.79 Å². The Hall–Kier alpha value is 0.110. The third-order valence-electron chi connectivity index (χ3n) is 4.30. The monoisotopic (exact) mass is 350 g/mol. The largest absolute Gasteiger partial charge is 0.469 e. The molecule has 5 heteroatoms. The first kappa shape index (κ1) is 23.1. The molecule has 0 aliphatic heterocycles. The Morgan fingerprint density at radius 3 is 1.48 bits per heavy atom. The molecule has 0 aromatic heterocycles. The van der Waals surface area contributed by atoms with Crippen molar-refractivity contribution >= 4 is 7.82 Å². The molecule has 0 heterocycles. The number of unbranched alkanes of at least 4 members (excludes halogenated alkanes) is 11. The molecule has 0 bridgehead atoms. The molecule has 140 valence electrons. The number of phosphoric ester groups is 1. The van der Waals surface area contributed by atoms with E-state index in [1.807, 2.05) is 0 Å². The molecule has 0 saturated carbocycles. The van der Waals surface area contributed by atoms with Crippen molar-refractivity contribution < 1.29 is 18.9 Å². The molecule has 0 aromatic carbocycles. The Kier molecular flexibility index (Phi) is 15.7. The van der Waals surface area contributed by atoms with Crippen LogP contribution in [-0.2, 0) is 9.09 Å². The molecule has 0 aliphatic rings. The first-order valence-electron chi connectivity index (χ1n) is 9.73. The lowest BCUT2D eigenvalue weighted by atomic mass is 10.0. The zero-order valence-corrected chi connectivity index (χ0v) is 16.2. The van der Waals surface area contributed by atoms with Crippen LogP contribution in [0, 0.1) is 0 Å². The summed E-state index contributed by atoms with van der Waals surface area (Å²) in [5, 5.41) is 0. The second-order valence-corrected chi connectivity index (χ2v) is 7.88. The van der Waals surface area contributed by atoms with E-state index in [0.29, 0.717) is 0 Å². The third kappa shape index (κ3) is 18.3. The van der Waals surface area contributed by atoms with Crippen molar-refractivity contribution in [3.8, 4) is 0 Å². The summed E-state index contributed by atoms with van der Waals surface area (Å²) in [6.07, 6.45) is 17.2. The summed E-state index contributed by atoms with van der Waals surface area (Å²) < 4.78 is 16.0. The average molecular weight is 350 g/mol. The molecule has 0 aromatic rings. The molecule has 0 rings (SSSR count). The van der Waals surface area contributed by atoms with Crippen LogP contribution >= 0.6 is 7.82 Å². The van der Waals surface area contributed by atoms with E-state index in [2.05, 4.69) is 13.8 Å². The van der Waals surface area contributed by atoms with Crippen molar-refractivity contribution in [1.29, 1.82) is 0 Å². The Balaban J connectivity index is 3.63. The topological polar surface area (TPSA) is 66.8 Å². The smallest absolute Gasteiger partial charge is 0.303 e. The van der Waals surface area contributed by atoms with Crippen LogP contribution in [0.1, 0.15) is 110 Å². The van der Waals surface area contributed by atoms with Gasteiger partial charge in [-0.15, -0.1) is 0 Å². The van der Waals surface area contributed by atoms with Gasteiger partial charge in [0.15, 0.2) is 0 Å². The van der Waals surface area contributed by atoms with Crippen LogP contribution in [-0.4, -0.2) is 15.9 Å². The van der Waals surface area contributed by atoms with E-state index in [1.54, 1.807) is 0 Å². The second-order valence-electron chi connectivity index (χ2n) is 6.68. The lowest BCUT2D eigenvalue weighted by Gasteiger charge is -2.18. The molecule has 0 saturated heterocycles. The minimum absolute atomic E-state index is 0.281. The van der Waals surface area contributed by atoms with E-state index in [4.69, 9.17) is 14.3 Å². The van der Waals surface area contributed by atoms with Crippen molar-refractivity contribution in [1.82, 2.24) is 0 Å². The quantitative estimate of drug-likeness (QED) is 0.237. The summed E-state index contributed by atoms with van der Waals surface area (Å²) in [5.41, 5.74) is 0. The lowest BCUT2D eigenvalue weighted by Crippen LogP contribution is -2.11. The fraction of sp³-hybridized carbons (Fsp3) is 1.00. The summed E-state index contributed by atoms with van der Waals surface area (Å²) in [5.74, 6) is 0. The molecule has 1 unspecified atom stereocenters. The van der Waals surface area contributed by atoms with Crippen molar-refractivity contribution in [2.24, 2.45) is 0 Å². The van der Waals surface area contributed by atoms with Gasteiger partial charge >= 0.3 is 7.82 Å². The van der Waals surface area contributed by atoms with Gasteiger partial charge in [-0.05, 0) is 12.8 Å². The molecular weight excluding hydrogens is 311 g/mol. The van der Waals surface area contributed by atoms with E-state index >= 15 is 0 Å². The van der Waals surface area contributed by atoms with E-state index in [1.165, 1.54) is 51.4 Å². The summed E-state index contributed by atoms with van der Waals surface area (Å²) in [6, 6.07) is 0. The van der Waals surface area contributed by atoms with Crippen LogP contribution in [0.2, 0.25) is 0 Å². The number of rotatable bonds is 17. The van der Waals surface area contributed by atoms with Crippen molar-refractivity contribution in [2.45, 2.75) is 116 Å². The normalized spacial score (nSPS) is 13.4. The predicted molar refractivity (Wildman–Crippen MR) is 97.5 cm³/mol. The number of phosphoric acid groups is 1. The Morgan fingerprint density at radius 1 is 0.696 bits per heavy atom. The maximum Gasteiger partial charge on any atom is 0.469 e. The van der Waals surface area contributed by atoms with Crippen molar-refractivity contribution in [3.05, 3.63) is 0 Å². The molecule has 1 atom stereocenters. The highest BCUT2D eigenvalue weighted by Crippen LogP contribution is 2.39. The van der Waals surface area contributed by atoms with Gasteiger partial charge in [0.05, 0.1) is 6.10 Å². The average Bonchev–Trinajstić information content (AvgIpc) is 2.47.